The number of methoxy groups -OCH3 is 1. The lowest BCUT2D eigenvalue weighted by atomic mass is 10.2. The van der Waals surface area contributed by atoms with Gasteiger partial charge in [-0.3, -0.25) is 9.59 Å². The summed E-state index contributed by atoms with van der Waals surface area (Å²) >= 11 is 3.23. The molecule has 0 saturated carbocycles. The molecule has 1 amide bonds. The number of carbonyl (C=O) groups excluding carboxylic acids is 1. The molecule has 0 atom stereocenters. The standard InChI is InChI=1S/C10H10BrNO4/c1-16-8-3-2-6(4-7(8)11)10(15)12-5-9(13)14/h2-4H,5H2,1H3,(H,12,15)(H,13,14). The Morgan fingerprint density at radius 3 is 2.69 bits per heavy atom. The molecule has 0 aromatic heterocycles. The topological polar surface area (TPSA) is 75.6 Å². The summed E-state index contributed by atoms with van der Waals surface area (Å²) in [5.74, 6) is -0.915. The molecule has 2 N–H and O–H groups in total. The number of nitrogens with one attached hydrogen (secondary N) is 1. The van der Waals surface area contributed by atoms with Crippen molar-refractivity contribution in [2.24, 2.45) is 0 Å². The molecule has 0 saturated heterocycles. The summed E-state index contributed by atoms with van der Waals surface area (Å²) < 4.78 is 5.64. The largest absolute Gasteiger partial charge is 0.496 e. The zero-order valence-electron chi connectivity index (χ0n) is 8.49. The lowest BCUT2D eigenvalue weighted by Gasteiger charge is -2.06. The Hall–Kier alpha value is -1.56. The van der Waals surface area contributed by atoms with Crippen LogP contribution in [0.5, 0.6) is 5.75 Å². The second-order valence-corrected chi connectivity index (χ2v) is 3.78. The van der Waals surface area contributed by atoms with Gasteiger partial charge in [0.05, 0.1) is 11.6 Å². The quantitative estimate of drug-likeness (QED) is 0.875. The first-order valence-electron chi connectivity index (χ1n) is 4.38. The Balaban J connectivity index is 2.77. The smallest absolute Gasteiger partial charge is 0.322 e. The monoisotopic (exact) mass is 287 g/mol. The number of aliphatic carboxylic acids is 1. The van der Waals surface area contributed by atoms with Crippen LogP contribution in [0.2, 0.25) is 0 Å². The van der Waals surface area contributed by atoms with E-state index in [1.54, 1.807) is 18.2 Å². The number of carbonyl (C=O) groups is 2. The average Bonchev–Trinajstić information content (AvgIpc) is 2.25. The molecule has 0 aliphatic rings. The number of hydrogen-bond donors (Lipinski definition) is 2. The molecule has 1 aromatic rings. The van der Waals surface area contributed by atoms with E-state index in [0.717, 1.165) is 0 Å². The number of ether oxygens (including phenoxy) is 1. The van der Waals surface area contributed by atoms with Gasteiger partial charge in [-0.15, -0.1) is 0 Å². The number of carboxylic acids is 1. The molecule has 16 heavy (non-hydrogen) atoms. The van der Waals surface area contributed by atoms with E-state index in [1.807, 2.05) is 0 Å². The second-order valence-electron chi connectivity index (χ2n) is 2.93. The highest BCUT2D eigenvalue weighted by molar-refractivity contribution is 9.10. The van der Waals surface area contributed by atoms with E-state index in [2.05, 4.69) is 21.2 Å². The maximum atomic E-state index is 11.5. The maximum Gasteiger partial charge on any atom is 0.322 e. The number of benzene rings is 1. The Kier molecular flexibility index (Phi) is 4.30. The van der Waals surface area contributed by atoms with Crippen LogP contribution >= 0.6 is 15.9 Å². The van der Waals surface area contributed by atoms with E-state index >= 15 is 0 Å². The maximum absolute atomic E-state index is 11.5. The molecule has 86 valence electrons. The van der Waals surface area contributed by atoms with Gasteiger partial charge >= 0.3 is 5.97 Å². The second kappa shape index (κ2) is 5.50. The van der Waals surface area contributed by atoms with Crippen molar-refractivity contribution < 1.29 is 19.4 Å². The van der Waals surface area contributed by atoms with E-state index < -0.39 is 18.4 Å². The molecule has 0 heterocycles. The van der Waals surface area contributed by atoms with Gasteiger partial charge in [0.25, 0.3) is 5.91 Å². The molecule has 0 aliphatic carbocycles. The molecule has 0 bridgehead atoms. The van der Waals surface area contributed by atoms with Gasteiger partial charge in [-0.05, 0) is 34.1 Å². The predicted octanol–water partition coefficient (Wildman–Crippen LogP) is 1.27. The van der Waals surface area contributed by atoms with Crippen molar-refractivity contribution in [2.45, 2.75) is 0 Å². The van der Waals surface area contributed by atoms with E-state index in [1.165, 1.54) is 7.11 Å². The first kappa shape index (κ1) is 12.5. The van der Waals surface area contributed by atoms with Crippen molar-refractivity contribution in [1.29, 1.82) is 0 Å². The highest BCUT2D eigenvalue weighted by atomic mass is 79.9. The van der Waals surface area contributed by atoms with Crippen LogP contribution < -0.4 is 10.1 Å². The van der Waals surface area contributed by atoms with Gasteiger partial charge in [-0.25, -0.2) is 0 Å². The summed E-state index contributed by atoms with van der Waals surface area (Å²) in [4.78, 5) is 21.7. The Labute approximate surface area is 101 Å². The van der Waals surface area contributed by atoms with Crippen LogP contribution in [0, 0.1) is 0 Å². The van der Waals surface area contributed by atoms with Crippen molar-refractivity contribution in [2.75, 3.05) is 13.7 Å². The van der Waals surface area contributed by atoms with E-state index in [9.17, 15) is 9.59 Å². The third kappa shape index (κ3) is 3.23. The minimum Gasteiger partial charge on any atom is -0.496 e. The fourth-order valence-electron chi connectivity index (χ4n) is 1.07. The van der Waals surface area contributed by atoms with Crippen LogP contribution in [0.3, 0.4) is 0 Å². The SMILES string of the molecule is COc1ccc(C(=O)NCC(=O)O)cc1Br. The molecule has 0 aliphatic heterocycles. The van der Waals surface area contributed by atoms with Gasteiger partial charge < -0.3 is 15.2 Å². The third-order valence-electron chi connectivity index (χ3n) is 1.81. The minimum atomic E-state index is -1.08. The Morgan fingerprint density at radius 1 is 1.50 bits per heavy atom. The molecule has 1 rings (SSSR count). The first-order valence-corrected chi connectivity index (χ1v) is 5.17. The Morgan fingerprint density at radius 2 is 2.19 bits per heavy atom. The van der Waals surface area contributed by atoms with Crippen LogP contribution in [0.1, 0.15) is 10.4 Å². The summed E-state index contributed by atoms with van der Waals surface area (Å²) in [5.41, 5.74) is 0.369. The van der Waals surface area contributed by atoms with Gasteiger partial charge in [-0.2, -0.15) is 0 Å². The van der Waals surface area contributed by atoms with Crippen LogP contribution in [0.15, 0.2) is 22.7 Å². The summed E-state index contributed by atoms with van der Waals surface area (Å²) in [7, 11) is 1.52. The van der Waals surface area contributed by atoms with Crippen molar-refractivity contribution in [3.63, 3.8) is 0 Å². The molecular weight excluding hydrogens is 278 g/mol. The van der Waals surface area contributed by atoms with Gasteiger partial charge in [0.15, 0.2) is 0 Å². The molecule has 0 radical (unpaired) electrons. The zero-order valence-corrected chi connectivity index (χ0v) is 10.1. The molecule has 1 aromatic carbocycles. The van der Waals surface area contributed by atoms with E-state index in [0.29, 0.717) is 15.8 Å². The fourth-order valence-corrected chi connectivity index (χ4v) is 1.61. The third-order valence-corrected chi connectivity index (χ3v) is 2.43. The predicted molar refractivity (Wildman–Crippen MR) is 60.7 cm³/mol. The van der Waals surface area contributed by atoms with Crippen molar-refractivity contribution in [3.8, 4) is 5.75 Å². The number of hydrogen-bond acceptors (Lipinski definition) is 3. The fraction of sp³-hybridized carbons (Fsp3) is 0.200. The van der Waals surface area contributed by atoms with Gasteiger partial charge in [-0.1, -0.05) is 0 Å². The van der Waals surface area contributed by atoms with Crippen LogP contribution in [-0.4, -0.2) is 30.6 Å². The number of halogens is 1. The molecule has 6 heteroatoms. The highest BCUT2D eigenvalue weighted by Gasteiger charge is 2.09. The lowest BCUT2D eigenvalue weighted by molar-refractivity contribution is -0.135. The molecule has 5 nitrogen and oxygen atoms in total. The van der Waals surface area contributed by atoms with Crippen molar-refractivity contribution >= 4 is 27.8 Å². The zero-order chi connectivity index (χ0) is 12.1. The number of rotatable bonds is 4. The van der Waals surface area contributed by atoms with Crippen molar-refractivity contribution in [1.82, 2.24) is 5.32 Å². The molecule has 0 fully saturated rings. The molecule has 0 unspecified atom stereocenters. The normalized spacial score (nSPS) is 9.62. The lowest BCUT2D eigenvalue weighted by Crippen LogP contribution is -2.29. The average molecular weight is 288 g/mol. The van der Waals surface area contributed by atoms with Crippen LogP contribution in [0.4, 0.5) is 0 Å². The van der Waals surface area contributed by atoms with Crippen LogP contribution in [0.25, 0.3) is 0 Å². The number of carboxylic acid groups (broad SMARTS) is 1. The Bertz CT molecular complexity index is 419. The van der Waals surface area contributed by atoms with Crippen LogP contribution in [-0.2, 0) is 4.79 Å². The first-order chi connectivity index (χ1) is 7.54. The van der Waals surface area contributed by atoms with Gasteiger partial charge in [0.1, 0.15) is 12.3 Å². The van der Waals surface area contributed by atoms with E-state index in [4.69, 9.17) is 9.84 Å². The highest BCUT2D eigenvalue weighted by Crippen LogP contribution is 2.25. The van der Waals surface area contributed by atoms with Gasteiger partial charge in [0, 0.05) is 5.56 Å². The van der Waals surface area contributed by atoms with E-state index in [-0.39, 0.29) is 0 Å². The van der Waals surface area contributed by atoms with Crippen molar-refractivity contribution in [3.05, 3.63) is 28.2 Å². The summed E-state index contributed by atoms with van der Waals surface area (Å²) in [6.07, 6.45) is 0. The number of amides is 1. The van der Waals surface area contributed by atoms with Gasteiger partial charge in [0.2, 0.25) is 0 Å². The summed E-state index contributed by atoms with van der Waals surface area (Å²) in [5, 5.41) is 10.7. The molecular formula is C10H10BrNO4. The summed E-state index contributed by atoms with van der Waals surface area (Å²) in [6.45, 7) is -0.400. The summed E-state index contributed by atoms with van der Waals surface area (Å²) in [6, 6.07) is 4.75. The minimum absolute atomic E-state index is 0.369. The molecule has 0 spiro atoms.